The molecular weight excluding hydrogens is 378 g/mol. The Balaban J connectivity index is 2.06. The van der Waals surface area contributed by atoms with E-state index in [0.717, 1.165) is 12.1 Å². The number of hydrogen-bond donors (Lipinski definition) is 1. The van der Waals surface area contributed by atoms with Crippen molar-refractivity contribution in [2.75, 3.05) is 7.11 Å². The van der Waals surface area contributed by atoms with Gasteiger partial charge in [-0.2, -0.15) is 5.26 Å². The van der Waals surface area contributed by atoms with Crippen LogP contribution in [0, 0.1) is 23.0 Å². The van der Waals surface area contributed by atoms with E-state index in [4.69, 9.17) is 10.00 Å². The molecule has 0 aliphatic rings. The van der Waals surface area contributed by atoms with Crippen LogP contribution in [0.4, 0.5) is 8.78 Å². The molecule has 0 bridgehead atoms. The number of fused-ring (bicyclic) bond motifs is 1. The number of imidazole rings is 1. The van der Waals surface area contributed by atoms with Gasteiger partial charge in [0.15, 0.2) is 0 Å². The number of rotatable bonds is 4. The molecule has 0 spiro atoms. The Bertz CT molecular complexity index is 1240. The minimum atomic E-state index is -0.864. The van der Waals surface area contributed by atoms with Crippen molar-refractivity contribution >= 4 is 5.52 Å². The van der Waals surface area contributed by atoms with Crippen LogP contribution in [0.2, 0.25) is 0 Å². The summed E-state index contributed by atoms with van der Waals surface area (Å²) in [5.41, 5.74) is 2.21. The average Bonchev–Trinajstić information content (AvgIpc) is 3.22. The summed E-state index contributed by atoms with van der Waals surface area (Å²) in [4.78, 5) is 8.64. The van der Waals surface area contributed by atoms with Crippen molar-refractivity contribution in [3.8, 4) is 34.5 Å². The fourth-order valence-corrected chi connectivity index (χ4v) is 3.18. The van der Waals surface area contributed by atoms with Crippen molar-refractivity contribution in [3.63, 3.8) is 0 Å². The molecule has 4 rings (SSSR count). The smallest absolute Gasteiger partial charge is 0.240 e. The number of nitrogens with zero attached hydrogens (tertiary/aromatic N) is 4. The van der Waals surface area contributed by atoms with Crippen molar-refractivity contribution in [2.45, 2.75) is 6.61 Å². The van der Waals surface area contributed by atoms with Crippen LogP contribution >= 0.6 is 0 Å². The standard InChI is InChI=1S/C21H14F2N4O2/c1-29-21-18-9-25-11-27(18)20(14-6-16(22)15(10-28)17(23)7-14)19(26-21)13-4-2-12(8-24)3-5-13/h2-7,9,11,28H,10H2,1H3. The van der Waals surface area contributed by atoms with Crippen LogP contribution in [-0.2, 0) is 6.61 Å². The number of aliphatic hydroxyl groups is 1. The monoisotopic (exact) mass is 392 g/mol. The summed E-state index contributed by atoms with van der Waals surface area (Å²) in [6, 6.07) is 11.0. The number of aliphatic hydroxyl groups excluding tert-OH is 1. The molecule has 144 valence electrons. The van der Waals surface area contributed by atoms with Crippen LogP contribution in [-0.4, -0.2) is 26.6 Å². The quantitative estimate of drug-likeness (QED) is 0.572. The molecule has 0 radical (unpaired) electrons. The summed E-state index contributed by atoms with van der Waals surface area (Å²) in [5, 5.41) is 18.2. The highest BCUT2D eigenvalue weighted by Crippen LogP contribution is 2.36. The first-order valence-corrected chi connectivity index (χ1v) is 8.57. The molecule has 29 heavy (non-hydrogen) atoms. The Labute approximate surface area is 164 Å². The number of hydrogen-bond acceptors (Lipinski definition) is 5. The van der Waals surface area contributed by atoms with Crippen LogP contribution < -0.4 is 4.74 Å². The van der Waals surface area contributed by atoms with Gasteiger partial charge >= 0.3 is 0 Å². The van der Waals surface area contributed by atoms with Crippen molar-refractivity contribution in [1.82, 2.24) is 14.4 Å². The van der Waals surface area contributed by atoms with E-state index < -0.39 is 23.8 Å². The Morgan fingerprint density at radius 1 is 1.14 bits per heavy atom. The molecule has 0 fully saturated rings. The maximum absolute atomic E-state index is 14.4. The van der Waals surface area contributed by atoms with Crippen LogP contribution in [0.15, 0.2) is 48.9 Å². The first kappa shape index (κ1) is 18.5. The first-order valence-electron chi connectivity index (χ1n) is 8.57. The van der Waals surface area contributed by atoms with E-state index in [9.17, 15) is 13.9 Å². The minimum Gasteiger partial charge on any atom is -0.479 e. The van der Waals surface area contributed by atoms with E-state index >= 15 is 0 Å². The highest BCUT2D eigenvalue weighted by molar-refractivity contribution is 5.82. The SMILES string of the molecule is COc1nc(-c2ccc(C#N)cc2)c(-c2cc(F)c(CO)c(F)c2)n2cncc12. The van der Waals surface area contributed by atoms with Gasteiger partial charge in [-0.25, -0.2) is 18.7 Å². The van der Waals surface area contributed by atoms with Crippen LogP contribution in [0.3, 0.4) is 0 Å². The van der Waals surface area contributed by atoms with Gasteiger partial charge in [-0.3, -0.25) is 4.40 Å². The van der Waals surface area contributed by atoms with Crippen molar-refractivity contribution in [1.29, 1.82) is 5.26 Å². The third kappa shape index (κ3) is 3.07. The van der Waals surface area contributed by atoms with Gasteiger partial charge in [0.25, 0.3) is 0 Å². The minimum absolute atomic E-state index is 0.217. The molecule has 0 unspecified atom stereocenters. The van der Waals surface area contributed by atoms with Gasteiger partial charge in [-0.15, -0.1) is 0 Å². The van der Waals surface area contributed by atoms with Crippen LogP contribution in [0.25, 0.3) is 28.0 Å². The van der Waals surface area contributed by atoms with Gasteiger partial charge in [0, 0.05) is 16.7 Å². The summed E-state index contributed by atoms with van der Waals surface area (Å²) in [7, 11) is 1.47. The lowest BCUT2D eigenvalue weighted by molar-refractivity contribution is 0.269. The predicted molar refractivity (Wildman–Crippen MR) is 101 cm³/mol. The fraction of sp³-hybridized carbons (Fsp3) is 0.0952. The van der Waals surface area contributed by atoms with Crippen LogP contribution in [0.5, 0.6) is 5.88 Å². The Hall–Kier alpha value is -3.83. The Kier molecular flexibility index (Phi) is 4.66. The van der Waals surface area contributed by atoms with E-state index in [1.54, 1.807) is 28.7 Å². The molecule has 0 amide bonds. The molecule has 6 nitrogen and oxygen atoms in total. The predicted octanol–water partition coefficient (Wildman–Crippen LogP) is 3.71. The lowest BCUT2D eigenvalue weighted by Crippen LogP contribution is -2.03. The summed E-state index contributed by atoms with van der Waals surface area (Å²) < 4.78 is 35.8. The van der Waals surface area contributed by atoms with E-state index in [-0.39, 0.29) is 5.56 Å². The van der Waals surface area contributed by atoms with E-state index in [2.05, 4.69) is 9.97 Å². The number of nitriles is 1. The molecular formula is C21H14F2N4O2. The fourth-order valence-electron chi connectivity index (χ4n) is 3.18. The Morgan fingerprint density at radius 3 is 2.41 bits per heavy atom. The van der Waals surface area contributed by atoms with Gasteiger partial charge in [-0.05, 0) is 24.3 Å². The molecule has 2 aromatic carbocycles. The third-order valence-corrected chi connectivity index (χ3v) is 4.59. The molecule has 2 heterocycles. The number of halogens is 2. The van der Waals surface area contributed by atoms with Crippen molar-refractivity contribution < 1.29 is 18.6 Å². The second-order valence-corrected chi connectivity index (χ2v) is 6.23. The average molecular weight is 392 g/mol. The lowest BCUT2D eigenvalue weighted by Gasteiger charge is -2.15. The molecule has 0 saturated heterocycles. The Morgan fingerprint density at radius 2 is 1.83 bits per heavy atom. The molecule has 1 N–H and O–H groups in total. The van der Waals surface area contributed by atoms with Gasteiger partial charge in [0.05, 0.1) is 49.3 Å². The molecule has 2 aromatic heterocycles. The van der Waals surface area contributed by atoms with Crippen LogP contribution in [0.1, 0.15) is 11.1 Å². The number of benzene rings is 2. The zero-order valence-corrected chi connectivity index (χ0v) is 15.2. The zero-order valence-electron chi connectivity index (χ0n) is 15.2. The van der Waals surface area contributed by atoms with Gasteiger partial charge in [-0.1, -0.05) is 12.1 Å². The highest BCUT2D eigenvalue weighted by Gasteiger charge is 2.21. The second kappa shape index (κ2) is 7.30. The number of methoxy groups -OCH3 is 1. The second-order valence-electron chi connectivity index (χ2n) is 6.23. The summed E-state index contributed by atoms with van der Waals surface area (Å²) in [6.45, 7) is -0.748. The van der Waals surface area contributed by atoms with E-state index in [1.165, 1.54) is 19.6 Å². The van der Waals surface area contributed by atoms with E-state index in [0.29, 0.717) is 33.9 Å². The van der Waals surface area contributed by atoms with Crippen molar-refractivity contribution in [3.05, 3.63) is 71.7 Å². The van der Waals surface area contributed by atoms with Gasteiger partial charge in [0.1, 0.15) is 17.2 Å². The normalized spacial score (nSPS) is 10.9. The van der Waals surface area contributed by atoms with Gasteiger partial charge < -0.3 is 9.84 Å². The van der Waals surface area contributed by atoms with E-state index in [1.807, 2.05) is 6.07 Å². The largest absolute Gasteiger partial charge is 0.479 e. The molecule has 0 saturated carbocycles. The molecule has 4 aromatic rings. The summed E-state index contributed by atoms with van der Waals surface area (Å²) in [5.74, 6) is -1.44. The topological polar surface area (TPSA) is 83.4 Å². The maximum atomic E-state index is 14.4. The molecule has 0 aliphatic heterocycles. The van der Waals surface area contributed by atoms with Gasteiger partial charge in [0.2, 0.25) is 5.88 Å². The molecule has 0 atom stereocenters. The number of aromatic nitrogens is 3. The highest BCUT2D eigenvalue weighted by atomic mass is 19.1. The summed E-state index contributed by atoms with van der Waals surface area (Å²) in [6.07, 6.45) is 3.03. The summed E-state index contributed by atoms with van der Waals surface area (Å²) >= 11 is 0. The van der Waals surface area contributed by atoms with Crippen molar-refractivity contribution in [2.24, 2.45) is 0 Å². The molecule has 0 aliphatic carbocycles. The first-order chi connectivity index (χ1) is 14.1. The lowest BCUT2D eigenvalue weighted by atomic mass is 10.0. The molecule has 8 heteroatoms. The third-order valence-electron chi connectivity index (χ3n) is 4.59. The number of ether oxygens (including phenoxy) is 1. The zero-order chi connectivity index (χ0) is 20.5. The maximum Gasteiger partial charge on any atom is 0.240 e.